The van der Waals surface area contributed by atoms with Gasteiger partial charge in [-0.1, -0.05) is 23.7 Å². The number of carbonyl (C=O) groups is 1. The maximum Gasteiger partial charge on any atom is 0.416 e. The summed E-state index contributed by atoms with van der Waals surface area (Å²) >= 11 is 5.49. The van der Waals surface area contributed by atoms with Gasteiger partial charge in [-0.2, -0.15) is 13.2 Å². The van der Waals surface area contributed by atoms with Crippen molar-refractivity contribution in [3.63, 3.8) is 0 Å². The average Bonchev–Trinajstić information content (AvgIpc) is 2.40. The van der Waals surface area contributed by atoms with Crippen molar-refractivity contribution in [1.82, 2.24) is 0 Å². The minimum absolute atomic E-state index is 0.0201. The molecule has 2 rings (SSSR count). The molecule has 0 aliphatic rings. The van der Waals surface area contributed by atoms with Crippen molar-refractivity contribution >= 4 is 17.4 Å². The fourth-order valence-corrected chi connectivity index (χ4v) is 1.73. The second-order valence-corrected chi connectivity index (χ2v) is 4.44. The van der Waals surface area contributed by atoms with E-state index in [4.69, 9.17) is 11.6 Å². The molecule has 0 bridgehead atoms. The zero-order valence-corrected chi connectivity index (χ0v) is 10.6. The summed E-state index contributed by atoms with van der Waals surface area (Å²) in [6.45, 7) is 0. The lowest BCUT2D eigenvalue weighted by molar-refractivity contribution is -0.137. The summed E-state index contributed by atoms with van der Waals surface area (Å²) in [6, 6.07) is 7.19. The molecule has 104 valence electrons. The highest BCUT2D eigenvalue weighted by Crippen LogP contribution is 2.29. The summed E-state index contributed by atoms with van der Waals surface area (Å²) in [5.41, 5.74) is -0.789. The predicted octanol–water partition coefficient (Wildman–Crippen LogP) is 4.73. The van der Waals surface area contributed by atoms with Gasteiger partial charge in [0.05, 0.1) is 10.6 Å². The number of benzene rings is 2. The van der Waals surface area contributed by atoms with Gasteiger partial charge in [-0.15, -0.1) is 0 Å². The fraction of sp³-hybridized carbons (Fsp3) is 0.0714. The Kier molecular flexibility index (Phi) is 3.81. The summed E-state index contributed by atoms with van der Waals surface area (Å²) in [6.07, 6.45) is -4.46. The highest BCUT2D eigenvalue weighted by molar-refractivity contribution is 6.30. The van der Waals surface area contributed by atoms with Crippen LogP contribution in [0.4, 0.5) is 17.6 Å². The quantitative estimate of drug-likeness (QED) is 0.579. The van der Waals surface area contributed by atoms with E-state index < -0.39 is 23.3 Å². The third-order valence-corrected chi connectivity index (χ3v) is 2.96. The SMILES string of the molecule is O=C(c1ccc(C(F)(F)F)cc1)c1ccc(Cl)c(F)c1. The molecule has 0 aliphatic carbocycles. The van der Waals surface area contributed by atoms with Crippen molar-refractivity contribution in [2.24, 2.45) is 0 Å². The van der Waals surface area contributed by atoms with Crippen LogP contribution in [-0.2, 0) is 6.18 Å². The summed E-state index contributed by atoms with van der Waals surface area (Å²) in [5, 5.41) is -0.131. The molecular weight excluding hydrogens is 296 g/mol. The summed E-state index contributed by atoms with van der Waals surface area (Å²) in [7, 11) is 0. The topological polar surface area (TPSA) is 17.1 Å². The van der Waals surface area contributed by atoms with Crippen LogP contribution < -0.4 is 0 Å². The van der Waals surface area contributed by atoms with Gasteiger partial charge in [0.1, 0.15) is 5.82 Å². The second kappa shape index (κ2) is 5.25. The van der Waals surface area contributed by atoms with Gasteiger partial charge in [0.15, 0.2) is 5.78 Å². The van der Waals surface area contributed by atoms with Crippen molar-refractivity contribution in [1.29, 1.82) is 0 Å². The van der Waals surface area contributed by atoms with Crippen LogP contribution in [0.15, 0.2) is 42.5 Å². The first-order valence-corrected chi connectivity index (χ1v) is 5.84. The van der Waals surface area contributed by atoms with E-state index in [1.807, 2.05) is 0 Å². The molecular formula is C14H7ClF4O. The fourth-order valence-electron chi connectivity index (χ4n) is 1.61. The molecule has 0 saturated carbocycles. The second-order valence-electron chi connectivity index (χ2n) is 4.03. The van der Waals surface area contributed by atoms with Gasteiger partial charge >= 0.3 is 6.18 Å². The molecule has 0 fully saturated rings. The molecule has 0 spiro atoms. The van der Waals surface area contributed by atoms with Crippen LogP contribution in [0, 0.1) is 5.82 Å². The standard InChI is InChI=1S/C14H7ClF4O/c15-11-6-3-9(7-12(11)16)13(20)8-1-4-10(5-2-8)14(17,18)19/h1-7H. The monoisotopic (exact) mass is 302 g/mol. The van der Waals surface area contributed by atoms with Crippen molar-refractivity contribution in [3.05, 3.63) is 70.0 Å². The van der Waals surface area contributed by atoms with Gasteiger partial charge in [0.2, 0.25) is 0 Å². The number of rotatable bonds is 2. The van der Waals surface area contributed by atoms with Gasteiger partial charge in [0.25, 0.3) is 0 Å². The molecule has 2 aromatic rings. The van der Waals surface area contributed by atoms with Crippen LogP contribution >= 0.6 is 11.6 Å². The Labute approximate surface area is 116 Å². The van der Waals surface area contributed by atoms with E-state index in [9.17, 15) is 22.4 Å². The lowest BCUT2D eigenvalue weighted by Gasteiger charge is -2.07. The lowest BCUT2D eigenvalue weighted by Crippen LogP contribution is -2.06. The first kappa shape index (κ1) is 14.5. The molecule has 2 aromatic carbocycles. The average molecular weight is 303 g/mol. The van der Waals surface area contributed by atoms with Crippen LogP contribution in [0.2, 0.25) is 5.02 Å². The Morgan fingerprint density at radius 1 is 0.950 bits per heavy atom. The molecule has 0 N–H and O–H groups in total. The minimum Gasteiger partial charge on any atom is -0.289 e. The van der Waals surface area contributed by atoms with Crippen molar-refractivity contribution < 1.29 is 22.4 Å². The number of alkyl halides is 3. The van der Waals surface area contributed by atoms with Crippen LogP contribution in [0.5, 0.6) is 0 Å². The molecule has 0 unspecified atom stereocenters. The summed E-state index contributed by atoms with van der Waals surface area (Å²) in [4.78, 5) is 12.0. The molecule has 0 saturated heterocycles. The minimum atomic E-state index is -4.46. The molecule has 0 radical (unpaired) electrons. The Morgan fingerprint density at radius 2 is 1.50 bits per heavy atom. The van der Waals surface area contributed by atoms with Crippen LogP contribution in [-0.4, -0.2) is 5.78 Å². The van der Waals surface area contributed by atoms with Gasteiger partial charge in [-0.05, 0) is 30.3 Å². The highest BCUT2D eigenvalue weighted by Gasteiger charge is 2.30. The molecule has 0 heterocycles. The molecule has 0 aromatic heterocycles. The normalized spacial score (nSPS) is 11.4. The number of carbonyl (C=O) groups excluding carboxylic acids is 1. The maximum absolute atomic E-state index is 13.2. The molecule has 20 heavy (non-hydrogen) atoms. The molecule has 1 nitrogen and oxygen atoms in total. The third-order valence-electron chi connectivity index (χ3n) is 2.66. The number of hydrogen-bond donors (Lipinski definition) is 0. The number of halogens is 5. The van der Waals surface area contributed by atoms with Crippen LogP contribution in [0.25, 0.3) is 0 Å². The van der Waals surface area contributed by atoms with Gasteiger partial charge in [-0.25, -0.2) is 4.39 Å². The van der Waals surface area contributed by atoms with Gasteiger partial charge in [-0.3, -0.25) is 4.79 Å². The van der Waals surface area contributed by atoms with E-state index in [-0.39, 0.29) is 16.1 Å². The molecule has 0 aliphatic heterocycles. The van der Waals surface area contributed by atoms with Gasteiger partial charge < -0.3 is 0 Å². The number of ketones is 1. The lowest BCUT2D eigenvalue weighted by atomic mass is 10.0. The van der Waals surface area contributed by atoms with Gasteiger partial charge in [0, 0.05) is 11.1 Å². The van der Waals surface area contributed by atoms with E-state index in [0.717, 1.165) is 30.3 Å². The Balaban J connectivity index is 2.31. The molecule has 6 heteroatoms. The predicted molar refractivity (Wildman–Crippen MR) is 66.3 cm³/mol. The Bertz CT molecular complexity index is 647. The van der Waals surface area contributed by atoms with E-state index in [0.29, 0.717) is 0 Å². The number of hydrogen-bond acceptors (Lipinski definition) is 1. The zero-order chi connectivity index (χ0) is 14.9. The third kappa shape index (κ3) is 2.99. The van der Waals surface area contributed by atoms with E-state index in [1.165, 1.54) is 12.1 Å². The highest BCUT2D eigenvalue weighted by atomic mass is 35.5. The smallest absolute Gasteiger partial charge is 0.289 e. The molecule has 0 amide bonds. The molecule has 0 atom stereocenters. The first-order chi connectivity index (χ1) is 9.29. The van der Waals surface area contributed by atoms with Crippen molar-refractivity contribution in [2.45, 2.75) is 6.18 Å². The van der Waals surface area contributed by atoms with E-state index in [1.54, 1.807) is 0 Å². The van der Waals surface area contributed by atoms with Crippen molar-refractivity contribution in [2.75, 3.05) is 0 Å². The Morgan fingerprint density at radius 3 is 2.00 bits per heavy atom. The summed E-state index contributed by atoms with van der Waals surface area (Å²) in [5.74, 6) is -1.33. The van der Waals surface area contributed by atoms with Crippen LogP contribution in [0.3, 0.4) is 0 Å². The van der Waals surface area contributed by atoms with E-state index in [2.05, 4.69) is 0 Å². The summed E-state index contributed by atoms with van der Waals surface area (Å²) < 4.78 is 50.4. The first-order valence-electron chi connectivity index (χ1n) is 5.46. The van der Waals surface area contributed by atoms with Crippen LogP contribution in [0.1, 0.15) is 21.5 Å². The van der Waals surface area contributed by atoms with E-state index >= 15 is 0 Å². The van der Waals surface area contributed by atoms with Crippen molar-refractivity contribution in [3.8, 4) is 0 Å². The largest absolute Gasteiger partial charge is 0.416 e. The Hall–Kier alpha value is -1.88. The maximum atomic E-state index is 13.2. The zero-order valence-electron chi connectivity index (χ0n) is 9.84.